The zero-order valence-corrected chi connectivity index (χ0v) is 25.1. The second-order valence-electron chi connectivity index (χ2n) is 10.9. The summed E-state index contributed by atoms with van der Waals surface area (Å²) in [5.41, 5.74) is 1.82. The molecule has 0 atom stereocenters. The highest BCUT2D eigenvalue weighted by atomic mass is 19.1. The highest BCUT2D eigenvalue weighted by Gasteiger charge is 2.31. The summed E-state index contributed by atoms with van der Waals surface area (Å²) in [5, 5.41) is 0.619. The Kier molecular flexibility index (Phi) is 9.37. The van der Waals surface area contributed by atoms with E-state index < -0.39 is 5.82 Å². The first-order valence-electron chi connectivity index (χ1n) is 15.0. The van der Waals surface area contributed by atoms with Gasteiger partial charge in [-0.1, -0.05) is 30.3 Å². The molecule has 45 heavy (non-hydrogen) atoms. The van der Waals surface area contributed by atoms with Crippen molar-refractivity contribution in [3.05, 3.63) is 84.3 Å². The number of fused-ring (bicyclic) bond motifs is 1. The van der Waals surface area contributed by atoms with Gasteiger partial charge >= 0.3 is 0 Å². The summed E-state index contributed by atoms with van der Waals surface area (Å²) >= 11 is 0. The molecule has 0 radical (unpaired) electrons. The molecule has 0 unspecified atom stereocenters. The third-order valence-corrected chi connectivity index (χ3v) is 7.90. The summed E-state index contributed by atoms with van der Waals surface area (Å²) in [5.74, 6) is 0.255. The number of morpholine rings is 1. The zero-order chi connectivity index (χ0) is 31.2. The Balaban J connectivity index is 1.12. The molecule has 234 valence electrons. The van der Waals surface area contributed by atoms with E-state index >= 15 is 4.39 Å². The summed E-state index contributed by atoms with van der Waals surface area (Å²) in [4.78, 5) is 35.4. The van der Waals surface area contributed by atoms with Crippen LogP contribution >= 0.6 is 0 Å². The van der Waals surface area contributed by atoms with Gasteiger partial charge in [-0.3, -0.25) is 19.5 Å². The summed E-state index contributed by atoms with van der Waals surface area (Å²) < 4.78 is 38.4. The van der Waals surface area contributed by atoms with Crippen molar-refractivity contribution in [1.29, 1.82) is 0 Å². The lowest BCUT2D eigenvalue weighted by molar-refractivity contribution is -0.138. The number of carbonyl (C=O) groups is 2. The number of piperazine rings is 1. The van der Waals surface area contributed by atoms with Gasteiger partial charge < -0.3 is 28.7 Å². The number of anilines is 1. The largest absolute Gasteiger partial charge is 0.493 e. The number of hydrogen-bond acceptors (Lipinski definition) is 8. The number of aromatic nitrogens is 1. The van der Waals surface area contributed by atoms with E-state index in [4.69, 9.17) is 18.9 Å². The first-order valence-corrected chi connectivity index (χ1v) is 15.0. The second kappa shape index (κ2) is 13.9. The van der Waals surface area contributed by atoms with Crippen LogP contribution in [-0.2, 0) is 20.9 Å². The van der Waals surface area contributed by atoms with Crippen molar-refractivity contribution in [2.45, 2.75) is 13.0 Å². The number of methoxy groups -OCH3 is 1. The van der Waals surface area contributed by atoms with Crippen LogP contribution in [0.1, 0.15) is 12.0 Å². The Morgan fingerprint density at radius 2 is 1.71 bits per heavy atom. The molecule has 11 heteroatoms. The van der Waals surface area contributed by atoms with Crippen molar-refractivity contribution in [2.75, 3.05) is 64.6 Å². The smallest absolute Gasteiger partial charge is 0.247 e. The average Bonchev–Trinajstić information content (AvgIpc) is 3.06. The van der Waals surface area contributed by atoms with Crippen molar-refractivity contribution in [3.8, 4) is 23.0 Å². The van der Waals surface area contributed by atoms with E-state index in [1.54, 1.807) is 37.6 Å². The van der Waals surface area contributed by atoms with E-state index in [0.29, 0.717) is 41.3 Å². The van der Waals surface area contributed by atoms with Crippen LogP contribution in [-0.4, -0.2) is 86.3 Å². The number of benzene rings is 3. The number of rotatable bonds is 11. The van der Waals surface area contributed by atoms with Crippen molar-refractivity contribution in [1.82, 2.24) is 14.8 Å². The third-order valence-electron chi connectivity index (χ3n) is 7.90. The zero-order valence-electron chi connectivity index (χ0n) is 25.1. The van der Waals surface area contributed by atoms with Gasteiger partial charge in [0, 0.05) is 55.6 Å². The molecule has 0 aliphatic carbocycles. The first kappa shape index (κ1) is 30.3. The van der Waals surface area contributed by atoms with Gasteiger partial charge in [0.25, 0.3) is 0 Å². The fraction of sp³-hybridized carbons (Fsp3) is 0.324. The van der Waals surface area contributed by atoms with Crippen molar-refractivity contribution < 1.29 is 32.9 Å². The molecule has 0 saturated carbocycles. The van der Waals surface area contributed by atoms with E-state index in [0.717, 1.165) is 44.8 Å². The van der Waals surface area contributed by atoms with E-state index in [9.17, 15) is 9.59 Å². The van der Waals surface area contributed by atoms with Gasteiger partial charge in [0.2, 0.25) is 11.8 Å². The predicted octanol–water partition coefficient (Wildman–Crippen LogP) is 4.65. The Morgan fingerprint density at radius 1 is 0.889 bits per heavy atom. The highest BCUT2D eigenvalue weighted by Crippen LogP contribution is 2.38. The molecule has 10 nitrogen and oxygen atoms in total. The molecule has 1 aromatic heterocycles. The fourth-order valence-corrected chi connectivity index (χ4v) is 5.49. The van der Waals surface area contributed by atoms with E-state index in [-0.39, 0.29) is 36.3 Å². The Hall–Kier alpha value is -4.74. The van der Waals surface area contributed by atoms with Crippen LogP contribution in [0.4, 0.5) is 10.1 Å². The standard InChI is InChI=1S/C34H35FN4O6/c1-42-31-19-26-28(20-32(31)44-15-5-12-37-13-16-43-17-14-37)36-11-10-29(26)45-30-9-8-25(18-27(30)35)39-23-33(40)38(22-34(39)41)21-24-6-3-2-4-7-24/h2-4,6-11,18-20H,5,12-17,21-23H2,1H3. The minimum atomic E-state index is -0.670. The lowest BCUT2D eigenvalue weighted by Gasteiger charge is -2.34. The molecule has 3 heterocycles. The van der Waals surface area contributed by atoms with Gasteiger partial charge in [-0.15, -0.1) is 0 Å². The summed E-state index contributed by atoms with van der Waals surface area (Å²) in [6.07, 6.45) is 2.44. The molecule has 0 N–H and O–H groups in total. The van der Waals surface area contributed by atoms with E-state index in [2.05, 4.69) is 9.88 Å². The maximum absolute atomic E-state index is 15.4. The highest BCUT2D eigenvalue weighted by molar-refractivity contribution is 6.04. The summed E-state index contributed by atoms with van der Waals surface area (Å²) in [6.45, 7) is 4.91. The average molecular weight is 615 g/mol. The monoisotopic (exact) mass is 614 g/mol. The second-order valence-corrected chi connectivity index (χ2v) is 10.9. The number of halogens is 1. The van der Waals surface area contributed by atoms with E-state index in [1.807, 2.05) is 30.3 Å². The van der Waals surface area contributed by atoms with Gasteiger partial charge in [-0.05, 0) is 36.2 Å². The molecule has 6 rings (SSSR count). The van der Waals surface area contributed by atoms with Crippen LogP contribution in [0, 0.1) is 5.82 Å². The molecular weight excluding hydrogens is 579 g/mol. The maximum atomic E-state index is 15.4. The lowest BCUT2D eigenvalue weighted by atomic mass is 10.1. The number of ether oxygens (including phenoxy) is 4. The van der Waals surface area contributed by atoms with Crippen LogP contribution in [0.15, 0.2) is 72.9 Å². The molecule has 2 aliphatic heterocycles. The molecule has 2 fully saturated rings. The number of pyridine rings is 1. The molecule has 2 saturated heterocycles. The summed E-state index contributed by atoms with van der Waals surface area (Å²) in [6, 6.07) is 18.9. The summed E-state index contributed by atoms with van der Waals surface area (Å²) in [7, 11) is 1.56. The number of nitrogens with zero attached hydrogens (tertiary/aromatic N) is 4. The lowest BCUT2D eigenvalue weighted by Crippen LogP contribution is -2.53. The Morgan fingerprint density at radius 3 is 2.49 bits per heavy atom. The molecular formula is C34H35FN4O6. The molecule has 2 aliphatic rings. The minimum absolute atomic E-state index is 0.0323. The first-order chi connectivity index (χ1) is 22.0. The molecule has 3 aromatic carbocycles. The van der Waals surface area contributed by atoms with Crippen molar-refractivity contribution in [3.63, 3.8) is 0 Å². The number of carbonyl (C=O) groups excluding carboxylic acids is 2. The SMILES string of the molecule is COc1cc2c(Oc3ccc(N4CC(=O)N(Cc5ccccc5)CC4=O)cc3F)ccnc2cc1OCCCN1CCOCC1. The molecule has 4 aromatic rings. The van der Waals surface area contributed by atoms with Crippen LogP contribution in [0.5, 0.6) is 23.0 Å². The van der Waals surface area contributed by atoms with Crippen LogP contribution in [0.25, 0.3) is 10.9 Å². The maximum Gasteiger partial charge on any atom is 0.247 e. The number of amides is 2. The number of hydrogen-bond donors (Lipinski definition) is 0. The molecule has 0 spiro atoms. The van der Waals surface area contributed by atoms with Crippen LogP contribution in [0.2, 0.25) is 0 Å². The fourth-order valence-electron chi connectivity index (χ4n) is 5.49. The van der Waals surface area contributed by atoms with E-state index in [1.165, 1.54) is 21.9 Å². The third kappa shape index (κ3) is 7.16. The predicted molar refractivity (Wildman–Crippen MR) is 166 cm³/mol. The minimum Gasteiger partial charge on any atom is -0.493 e. The normalized spacial score (nSPS) is 15.9. The van der Waals surface area contributed by atoms with Crippen LogP contribution < -0.4 is 19.1 Å². The van der Waals surface area contributed by atoms with Crippen LogP contribution in [0.3, 0.4) is 0 Å². The van der Waals surface area contributed by atoms with Gasteiger partial charge in [-0.25, -0.2) is 4.39 Å². The van der Waals surface area contributed by atoms with Crippen molar-refractivity contribution in [2.24, 2.45) is 0 Å². The van der Waals surface area contributed by atoms with Gasteiger partial charge in [0.05, 0.1) is 32.4 Å². The van der Waals surface area contributed by atoms with Gasteiger partial charge in [0.1, 0.15) is 18.8 Å². The van der Waals surface area contributed by atoms with Crippen molar-refractivity contribution >= 4 is 28.4 Å². The molecule has 2 amide bonds. The molecule has 0 bridgehead atoms. The van der Waals surface area contributed by atoms with Gasteiger partial charge in [-0.2, -0.15) is 0 Å². The topological polar surface area (TPSA) is 93.7 Å². The Bertz CT molecular complexity index is 1660. The van der Waals surface area contributed by atoms with Gasteiger partial charge in [0.15, 0.2) is 23.1 Å². The quantitative estimate of drug-likeness (QED) is 0.226. The Labute approximate surface area is 260 Å².